The molecule has 1 amide bonds. The quantitative estimate of drug-likeness (QED) is 0.517. The summed E-state index contributed by atoms with van der Waals surface area (Å²) in [6.07, 6.45) is -1.89. The number of sulfonamides is 1. The van der Waals surface area contributed by atoms with Crippen molar-refractivity contribution in [3.8, 4) is 0 Å². The Morgan fingerprint density at radius 2 is 2.00 bits per heavy atom. The molecule has 0 spiro atoms. The van der Waals surface area contributed by atoms with Crippen molar-refractivity contribution in [2.75, 3.05) is 6.54 Å². The van der Waals surface area contributed by atoms with Crippen molar-refractivity contribution >= 4 is 43.3 Å². The van der Waals surface area contributed by atoms with E-state index in [0.29, 0.717) is 11.3 Å². The maximum atomic E-state index is 12.7. The van der Waals surface area contributed by atoms with Gasteiger partial charge in [-0.3, -0.25) is 4.79 Å². The van der Waals surface area contributed by atoms with Crippen LogP contribution in [0.2, 0.25) is 0 Å². The van der Waals surface area contributed by atoms with Crippen molar-refractivity contribution in [3.63, 3.8) is 0 Å². The van der Waals surface area contributed by atoms with Gasteiger partial charge in [-0.1, -0.05) is 0 Å². The van der Waals surface area contributed by atoms with E-state index >= 15 is 0 Å². The van der Waals surface area contributed by atoms with Crippen LogP contribution in [0.15, 0.2) is 14.5 Å². The van der Waals surface area contributed by atoms with Gasteiger partial charge < -0.3 is 14.4 Å². The van der Waals surface area contributed by atoms with E-state index in [4.69, 9.17) is 14.6 Å². The highest BCUT2D eigenvalue weighted by Gasteiger charge is 2.43. The average molecular weight is 455 g/mol. The lowest BCUT2D eigenvalue weighted by molar-refractivity contribution is -0.163. The third-order valence-electron chi connectivity index (χ3n) is 4.24. The molecule has 2 rings (SSSR count). The van der Waals surface area contributed by atoms with Gasteiger partial charge in [0.1, 0.15) is 8.42 Å². The number of fused-ring (bicyclic) bond motifs is 1. The number of esters is 1. The molecule has 0 aromatic carbocycles. The smallest absolute Gasteiger partial charge is 0.413 e. The summed E-state index contributed by atoms with van der Waals surface area (Å²) in [6.45, 7) is 5.85. The highest BCUT2D eigenvalue weighted by atomic mass is 32.3. The van der Waals surface area contributed by atoms with Gasteiger partial charge >= 0.3 is 12.1 Å². The van der Waals surface area contributed by atoms with E-state index in [9.17, 15) is 26.4 Å². The fourth-order valence-electron chi connectivity index (χ4n) is 2.95. The van der Waals surface area contributed by atoms with Crippen molar-refractivity contribution in [3.05, 3.63) is 11.6 Å². The Hall–Kier alpha value is -1.70. The first-order chi connectivity index (χ1) is 12.8. The Labute approximate surface area is 167 Å². The van der Waals surface area contributed by atoms with Crippen LogP contribution in [0, 0.1) is 0 Å². The lowest BCUT2D eigenvalue weighted by Crippen LogP contribution is -2.41. The average Bonchev–Trinajstić information content (AvgIpc) is 2.98. The number of hydrogen-bond acceptors (Lipinski definition) is 9. The minimum absolute atomic E-state index is 0.0566. The van der Waals surface area contributed by atoms with Gasteiger partial charge in [-0.25, -0.2) is 26.8 Å². The first-order valence-electron chi connectivity index (χ1n) is 8.33. The molecule has 13 heteroatoms. The van der Waals surface area contributed by atoms with Gasteiger partial charge in [0.15, 0.2) is 9.84 Å². The molecule has 158 valence electrons. The number of hydrogen-bond donors (Lipinski definition) is 1. The highest BCUT2D eigenvalue weighted by molar-refractivity contribution is 7.95. The zero-order valence-corrected chi connectivity index (χ0v) is 18.2. The number of thiophene rings is 1. The maximum Gasteiger partial charge on any atom is 0.413 e. The van der Waals surface area contributed by atoms with Crippen molar-refractivity contribution in [1.82, 2.24) is 4.90 Å². The van der Waals surface area contributed by atoms with Gasteiger partial charge in [0.25, 0.3) is 0 Å². The molecule has 2 N–H and O–H groups in total. The monoisotopic (exact) mass is 454 g/mol. The fourth-order valence-corrected chi connectivity index (χ4v) is 7.35. The van der Waals surface area contributed by atoms with Crippen molar-refractivity contribution in [2.24, 2.45) is 5.14 Å². The molecule has 0 saturated heterocycles. The van der Waals surface area contributed by atoms with Crippen LogP contribution in [0.1, 0.15) is 45.7 Å². The van der Waals surface area contributed by atoms with Crippen LogP contribution in [0.3, 0.4) is 0 Å². The van der Waals surface area contributed by atoms with Crippen molar-refractivity contribution < 1.29 is 35.9 Å². The lowest BCUT2D eigenvalue weighted by atomic mass is 10.0. The number of primary sulfonamides is 1. The number of rotatable bonds is 5. The Morgan fingerprint density at radius 1 is 1.39 bits per heavy atom. The Bertz CT molecular complexity index is 983. The van der Waals surface area contributed by atoms with Crippen LogP contribution in [0.4, 0.5) is 4.79 Å². The van der Waals surface area contributed by atoms with E-state index in [0.717, 1.165) is 0 Å². The standard InChI is InChI=1S/C15H22N2O8S3/c1-5-17(15(19)25-10(4)24-9(3)18)12-6-8(2)27(20,21)14-11(12)7-13(26-14)28(16,22)23/h7-8,10,12H,5-6H2,1-4H3,(H2,16,22,23)/t8-,10?,12-/m0/s1. The minimum atomic E-state index is -4.11. The molecule has 0 saturated carbocycles. The van der Waals surface area contributed by atoms with Crippen LogP contribution in [0.5, 0.6) is 0 Å². The van der Waals surface area contributed by atoms with Gasteiger partial charge in [-0.2, -0.15) is 0 Å². The third-order valence-corrected chi connectivity index (χ3v) is 9.55. The second-order valence-electron chi connectivity index (χ2n) is 6.31. The van der Waals surface area contributed by atoms with Crippen LogP contribution >= 0.6 is 11.3 Å². The summed E-state index contributed by atoms with van der Waals surface area (Å²) in [5.41, 5.74) is 0.186. The molecule has 1 unspecified atom stereocenters. The van der Waals surface area contributed by atoms with Crippen molar-refractivity contribution in [2.45, 2.75) is 60.1 Å². The summed E-state index contributed by atoms with van der Waals surface area (Å²) in [5, 5.41) is 4.31. The SMILES string of the molecule is CCN(C(=O)OC(C)OC(C)=O)[C@H]1C[C@H](C)S(=O)(=O)c2sc(S(N)(=O)=O)cc21. The van der Waals surface area contributed by atoms with Crippen molar-refractivity contribution in [1.29, 1.82) is 0 Å². The predicted molar refractivity (Wildman–Crippen MR) is 99.8 cm³/mol. The molecule has 0 fully saturated rings. The van der Waals surface area contributed by atoms with E-state index in [1.807, 2.05) is 0 Å². The zero-order valence-electron chi connectivity index (χ0n) is 15.7. The molecule has 28 heavy (non-hydrogen) atoms. The van der Waals surface area contributed by atoms with Gasteiger partial charge in [0.2, 0.25) is 16.3 Å². The topological polar surface area (TPSA) is 150 Å². The minimum Gasteiger partial charge on any atom is -0.426 e. The number of ether oxygens (including phenoxy) is 2. The molecule has 3 atom stereocenters. The summed E-state index contributed by atoms with van der Waals surface area (Å²) in [5.74, 6) is -0.626. The first-order valence-corrected chi connectivity index (χ1v) is 12.2. The van der Waals surface area contributed by atoms with Gasteiger partial charge in [-0.05, 0) is 26.3 Å². The number of nitrogens with zero attached hydrogens (tertiary/aromatic N) is 1. The van der Waals surface area contributed by atoms with E-state index in [2.05, 4.69) is 0 Å². The summed E-state index contributed by atoms with van der Waals surface area (Å²) in [4.78, 5) is 24.8. The van der Waals surface area contributed by atoms with Crippen LogP contribution in [0.25, 0.3) is 0 Å². The Kier molecular flexibility index (Phi) is 6.43. The molecular formula is C15H22N2O8S3. The Balaban J connectivity index is 2.45. The number of sulfone groups is 1. The van der Waals surface area contributed by atoms with E-state index in [1.54, 1.807) is 6.92 Å². The summed E-state index contributed by atoms with van der Waals surface area (Å²) < 4.78 is 58.2. The lowest BCUT2D eigenvalue weighted by Gasteiger charge is -2.35. The maximum absolute atomic E-state index is 12.7. The molecule has 2 heterocycles. The first kappa shape index (κ1) is 22.6. The number of amides is 1. The van der Waals surface area contributed by atoms with Gasteiger partial charge in [0.05, 0.1) is 11.3 Å². The highest BCUT2D eigenvalue weighted by Crippen LogP contribution is 2.45. The van der Waals surface area contributed by atoms with Crippen LogP contribution in [-0.4, -0.2) is 51.9 Å². The second-order valence-corrected chi connectivity index (χ2v) is 11.7. The normalized spacial score (nSPS) is 22.0. The van der Waals surface area contributed by atoms with Crippen LogP contribution < -0.4 is 5.14 Å². The van der Waals surface area contributed by atoms with Gasteiger partial charge in [-0.15, -0.1) is 11.3 Å². The molecule has 1 aromatic heterocycles. The van der Waals surface area contributed by atoms with E-state index < -0.39 is 49.5 Å². The Morgan fingerprint density at radius 3 is 2.50 bits per heavy atom. The largest absolute Gasteiger partial charge is 0.426 e. The number of nitrogens with two attached hydrogens (primary N) is 1. The van der Waals surface area contributed by atoms with Gasteiger partial charge in [0, 0.05) is 26.0 Å². The molecule has 1 aliphatic rings. The number of carbonyl (C=O) groups excluding carboxylic acids is 2. The molecule has 1 aromatic rings. The summed E-state index contributed by atoms with van der Waals surface area (Å²) >= 11 is 0.570. The molecule has 0 aliphatic carbocycles. The summed E-state index contributed by atoms with van der Waals surface area (Å²) in [7, 11) is -7.86. The molecule has 0 radical (unpaired) electrons. The fraction of sp³-hybridized carbons (Fsp3) is 0.600. The zero-order chi connectivity index (χ0) is 21.4. The third kappa shape index (κ3) is 4.47. The molecule has 0 bridgehead atoms. The predicted octanol–water partition coefficient (Wildman–Crippen LogP) is 1.37. The molecule has 10 nitrogen and oxygen atoms in total. The summed E-state index contributed by atoms with van der Waals surface area (Å²) in [6, 6.07) is 0.455. The molecule has 1 aliphatic heterocycles. The van der Waals surface area contributed by atoms with E-state index in [1.165, 1.54) is 31.7 Å². The number of carbonyl (C=O) groups is 2. The molecular weight excluding hydrogens is 432 g/mol. The van der Waals surface area contributed by atoms with E-state index in [-0.39, 0.29) is 26.9 Å². The van der Waals surface area contributed by atoms with Crippen LogP contribution in [-0.2, 0) is 34.1 Å². The second kappa shape index (κ2) is 7.97.